The van der Waals surface area contributed by atoms with Crippen LogP contribution in [0.5, 0.6) is 0 Å². The van der Waals surface area contributed by atoms with Gasteiger partial charge < -0.3 is 15.3 Å². The van der Waals surface area contributed by atoms with E-state index in [9.17, 15) is 0 Å². The maximum atomic E-state index is 9.14. The van der Waals surface area contributed by atoms with Gasteiger partial charge in [-0.2, -0.15) is 0 Å². The van der Waals surface area contributed by atoms with Crippen molar-refractivity contribution >= 4 is 0 Å². The second-order valence-electron chi connectivity index (χ2n) is 4.11. The molecule has 3 heteroatoms. The van der Waals surface area contributed by atoms with Gasteiger partial charge in [0.05, 0.1) is 6.61 Å². The highest BCUT2D eigenvalue weighted by Gasteiger charge is 2.29. The van der Waals surface area contributed by atoms with Crippen LogP contribution >= 0.6 is 0 Å². The van der Waals surface area contributed by atoms with Crippen molar-refractivity contribution in [1.82, 2.24) is 10.2 Å². The Labute approximate surface area is 87.5 Å². The molecule has 0 aromatic heterocycles. The molecule has 84 valence electrons. The van der Waals surface area contributed by atoms with Crippen molar-refractivity contribution in [3.63, 3.8) is 0 Å². The molecule has 0 spiro atoms. The molecule has 0 heterocycles. The molecule has 1 fully saturated rings. The SMILES string of the molecule is CCN(CC)CCNC(CO)C1CC1. The standard InChI is InChI=1S/C11H24N2O/c1-3-13(4-2)8-7-12-11(9-14)10-5-6-10/h10-12,14H,3-9H2,1-2H3. The van der Waals surface area contributed by atoms with Crippen LogP contribution in [0.2, 0.25) is 0 Å². The summed E-state index contributed by atoms with van der Waals surface area (Å²) in [5.74, 6) is 0.747. The number of aliphatic hydroxyl groups excluding tert-OH is 1. The maximum absolute atomic E-state index is 9.14. The fourth-order valence-corrected chi connectivity index (χ4v) is 1.83. The van der Waals surface area contributed by atoms with Crippen LogP contribution < -0.4 is 5.32 Å². The number of aliphatic hydroxyl groups is 1. The molecule has 0 aliphatic heterocycles. The van der Waals surface area contributed by atoms with Crippen molar-refractivity contribution in [1.29, 1.82) is 0 Å². The van der Waals surface area contributed by atoms with Gasteiger partial charge >= 0.3 is 0 Å². The van der Waals surface area contributed by atoms with Crippen molar-refractivity contribution < 1.29 is 5.11 Å². The molecule has 2 N–H and O–H groups in total. The Balaban J connectivity index is 2.06. The number of likely N-dealkylation sites (N-methyl/N-ethyl adjacent to an activating group) is 1. The zero-order valence-electron chi connectivity index (χ0n) is 9.50. The lowest BCUT2D eigenvalue weighted by molar-refractivity contribution is 0.219. The Morgan fingerprint density at radius 3 is 2.43 bits per heavy atom. The van der Waals surface area contributed by atoms with E-state index in [1.54, 1.807) is 0 Å². The van der Waals surface area contributed by atoms with Crippen LogP contribution in [0.25, 0.3) is 0 Å². The summed E-state index contributed by atoms with van der Waals surface area (Å²) < 4.78 is 0. The summed E-state index contributed by atoms with van der Waals surface area (Å²) in [6.07, 6.45) is 2.59. The van der Waals surface area contributed by atoms with Crippen molar-refractivity contribution in [3.05, 3.63) is 0 Å². The normalized spacial score (nSPS) is 18.9. The molecule has 14 heavy (non-hydrogen) atoms. The van der Waals surface area contributed by atoms with Crippen molar-refractivity contribution in [2.75, 3.05) is 32.8 Å². The molecule has 0 amide bonds. The summed E-state index contributed by atoms with van der Waals surface area (Å²) in [6.45, 7) is 9.00. The number of rotatable bonds is 8. The van der Waals surface area contributed by atoms with Gasteiger partial charge in [0.2, 0.25) is 0 Å². The first-order valence-corrected chi connectivity index (χ1v) is 5.88. The molecular weight excluding hydrogens is 176 g/mol. The third-order valence-electron chi connectivity index (χ3n) is 3.12. The van der Waals surface area contributed by atoms with Crippen LogP contribution in [0.3, 0.4) is 0 Å². The third kappa shape index (κ3) is 3.95. The first kappa shape index (κ1) is 12.0. The number of nitrogens with one attached hydrogen (secondary N) is 1. The van der Waals surface area contributed by atoms with Crippen LogP contribution in [0.4, 0.5) is 0 Å². The van der Waals surface area contributed by atoms with Gasteiger partial charge in [0, 0.05) is 19.1 Å². The molecule has 3 nitrogen and oxygen atoms in total. The molecule has 1 atom stereocenters. The van der Waals surface area contributed by atoms with Gasteiger partial charge in [-0.1, -0.05) is 13.8 Å². The molecule has 0 bridgehead atoms. The van der Waals surface area contributed by atoms with E-state index in [0.717, 1.165) is 32.1 Å². The summed E-state index contributed by atoms with van der Waals surface area (Å²) in [5, 5.41) is 12.6. The topological polar surface area (TPSA) is 35.5 Å². The molecule has 1 rings (SSSR count). The molecule has 1 saturated carbocycles. The first-order chi connectivity index (χ1) is 6.81. The van der Waals surface area contributed by atoms with E-state index >= 15 is 0 Å². The Morgan fingerprint density at radius 2 is 2.00 bits per heavy atom. The van der Waals surface area contributed by atoms with Gasteiger partial charge in [-0.25, -0.2) is 0 Å². The van der Waals surface area contributed by atoms with Gasteiger partial charge in [-0.3, -0.25) is 0 Å². The zero-order valence-corrected chi connectivity index (χ0v) is 9.50. The molecule has 1 aliphatic rings. The summed E-state index contributed by atoms with van der Waals surface area (Å²) in [5.41, 5.74) is 0. The van der Waals surface area contributed by atoms with E-state index in [-0.39, 0.29) is 0 Å². The van der Waals surface area contributed by atoms with Gasteiger partial charge in [-0.15, -0.1) is 0 Å². The van der Waals surface area contributed by atoms with Gasteiger partial charge in [0.25, 0.3) is 0 Å². The highest BCUT2D eigenvalue weighted by atomic mass is 16.3. The van der Waals surface area contributed by atoms with E-state index in [2.05, 4.69) is 24.1 Å². The largest absolute Gasteiger partial charge is 0.395 e. The second kappa shape index (κ2) is 6.38. The molecular formula is C11H24N2O. The number of hydrogen-bond acceptors (Lipinski definition) is 3. The lowest BCUT2D eigenvalue weighted by Gasteiger charge is -2.21. The molecule has 0 saturated heterocycles. The van der Waals surface area contributed by atoms with Crippen LogP contribution in [0.1, 0.15) is 26.7 Å². The van der Waals surface area contributed by atoms with Crippen LogP contribution in [-0.4, -0.2) is 48.8 Å². The van der Waals surface area contributed by atoms with Crippen LogP contribution in [0.15, 0.2) is 0 Å². The third-order valence-corrected chi connectivity index (χ3v) is 3.12. The lowest BCUT2D eigenvalue weighted by atomic mass is 10.2. The quantitative estimate of drug-likeness (QED) is 0.605. The summed E-state index contributed by atoms with van der Waals surface area (Å²) in [4.78, 5) is 2.40. The minimum absolute atomic E-state index is 0.295. The van der Waals surface area contributed by atoms with E-state index in [1.807, 2.05) is 0 Å². The number of hydrogen-bond donors (Lipinski definition) is 2. The van der Waals surface area contributed by atoms with Crippen molar-refractivity contribution in [2.45, 2.75) is 32.7 Å². The Kier molecular flexibility index (Phi) is 5.45. The molecule has 0 aromatic carbocycles. The fourth-order valence-electron chi connectivity index (χ4n) is 1.83. The molecule has 1 unspecified atom stereocenters. The highest BCUT2D eigenvalue weighted by molar-refractivity contribution is 4.85. The summed E-state index contributed by atoms with van der Waals surface area (Å²) in [6, 6.07) is 0.352. The van der Waals surface area contributed by atoms with E-state index in [1.165, 1.54) is 12.8 Å². The van der Waals surface area contributed by atoms with Crippen molar-refractivity contribution in [3.8, 4) is 0 Å². The van der Waals surface area contributed by atoms with E-state index < -0.39 is 0 Å². The Hall–Kier alpha value is -0.120. The molecule has 0 aromatic rings. The summed E-state index contributed by atoms with van der Waals surface area (Å²) in [7, 11) is 0. The van der Waals surface area contributed by atoms with Crippen LogP contribution in [-0.2, 0) is 0 Å². The predicted molar refractivity (Wildman–Crippen MR) is 59.4 cm³/mol. The fraction of sp³-hybridized carbons (Fsp3) is 1.00. The van der Waals surface area contributed by atoms with Gasteiger partial charge in [-0.05, 0) is 31.8 Å². The highest BCUT2D eigenvalue weighted by Crippen LogP contribution is 2.32. The minimum atomic E-state index is 0.295. The average molecular weight is 200 g/mol. The predicted octanol–water partition coefficient (Wildman–Crippen LogP) is 0.689. The van der Waals surface area contributed by atoms with Gasteiger partial charge in [0.15, 0.2) is 0 Å². The number of nitrogens with zero attached hydrogens (tertiary/aromatic N) is 1. The lowest BCUT2D eigenvalue weighted by Crippen LogP contribution is -2.40. The maximum Gasteiger partial charge on any atom is 0.0587 e. The monoisotopic (exact) mass is 200 g/mol. The Morgan fingerprint density at radius 1 is 1.36 bits per heavy atom. The van der Waals surface area contributed by atoms with E-state index in [0.29, 0.717) is 12.6 Å². The van der Waals surface area contributed by atoms with Crippen LogP contribution in [0, 0.1) is 5.92 Å². The van der Waals surface area contributed by atoms with Gasteiger partial charge in [0.1, 0.15) is 0 Å². The smallest absolute Gasteiger partial charge is 0.0587 e. The molecule has 0 radical (unpaired) electrons. The van der Waals surface area contributed by atoms with Crippen molar-refractivity contribution in [2.24, 2.45) is 5.92 Å². The zero-order chi connectivity index (χ0) is 10.4. The first-order valence-electron chi connectivity index (χ1n) is 5.88. The molecule has 1 aliphatic carbocycles. The second-order valence-corrected chi connectivity index (χ2v) is 4.11. The average Bonchev–Trinajstić information content (AvgIpc) is 3.02. The van der Waals surface area contributed by atoms with E-state index in [4.69, 9.17) is 5.11 Å². The summed E-state index contributed by atoms with van der Waals surface area (Å²) >= 11 is 0. The minimum Gasteiger partial charge on any atom is -0.395 e. The Bertz CT molecular complexity index is 144.